The molecule has 0 atom stereocenters. The number of non-ortho nitro benzene ring substituents is 1. The maximum Gasteiger partial charge on any atom is 0.269 e. The van der Waals surface area contributed by atoms with Gasteiger partial charge in [-0.2, -0.15) is 0 Å². The van der Waals surface area contributed by atoms with Gasteiger partial charge in [0.2, 0.25) is 5.91 Å². The van der Waals surface area contributed by atoms with Crippen LogP contribution in [-0.4, -0.2) is 41.9 Å². The van der Waals surface area contributed by atoms with Gasteiger partial charge in [-0.25, -0.2) is 0 Å². The van der Waals surface area contributed by atoms with Gasteiger partial charge in [0.25, 0.3) is 5.69 Å². The number of carbonyl (C=O) groups excluding carboxylic acids is 1. The monoisotopic (exact) mass is 277 g/mol. The fourth-order valence-electron chi connectivity index (χ4n) is 2.35. The third-order valence-corrected chi connectivity index (χ3v) is 3.60. The van der Waals surface area contributed by atoms with Gasteiger partial charge in [-0.3, -0.25) is 14.9 Å². The Morgan fingerprint density at radius 1 is 1.35 bits per heavy atom. The number of nitrogens with zero attached hydrogens (tertiary/aromatic N) is 2. The van der Waals surface area contributed by atoms with Gasteiger partial charge < -0.3 is 10.2 Å². The molecule has 0 bridgehead atoms. The summed E-state index contributed by atoms with van der Waals surface area (Å²) in [5.74, 6) is -0.0200. The van der Waals surface area contributed by atoms with Gasteiger partial charge in [-0.15, -0.1) is 0 Å². The summed E-state index contributed by atoms with van der Waals surface area (Å²) in [6.07, 6.45) is 2.22. The Balaban J connectivity index is 1.83. The minimum Gasteiger partial charge on any atom is -0.353 e. The molecule has 1 aromatic rings. The average Bonchev–Trinajstić information content (AvgIpc) is 2.42. The Morgan fingerprint density at radius 3 is 2.50 bits per heavy atom. The molecule has 0 spiro atoms. The van der Waals surface area contributed by atoms with E-state index in [9.17, 15) is 14.9 Å². The van der Waals surface area contributed by atoms with Crippen LogP contribution in [-0.2, 0) is 11.2 Å². The first-order valence-electron chi connectivity index (χ1n) is 6.76. The van der Waals surface area contributed by atoms with Crippen molar-refractivity contribution in [2.24, 2.45) is 0 Å². The third-order valence-electron chi connectivity index (χ3n) is 3.60. The zero-order valence-corrected chi connectivity index (χ0v) is 11.5. The summed E-state index contributed by atoms with van der Waals surface area (Å²) >= 11 is 0. The van der Waals surface area contributed by atoms with Crippen LogP contribution in [0.5, 0.6) is 0 Å². The molecule has 0 aromatic heterocycles. The van der Waals surface area contributed by atoms with E-state index in [0.29, 0.717) is 0 Å². The number of amides is 1. The molecule has 0 unspecified atom stereocenters. The summed E-state index contributed by atoms with van der Waals surface area (Å²) in [4.78, 5) is 24.3. The molecular weight excluding hydrogens is 258 g/mol. The molecule has 1 aliphatic rings. The fourth-order valence-corrected chi connectivity index (χ4v) is 2.35. The van der Waals surface area contributed by atoms with Gasteiger partial charge in [0.1, 0.15) is 0 Å². The standard InChI is InChI=1S/C14H19N3O3/c1-16-8-6-12(7-9-16)15-14(18)10-11-2-4-13(5-3-11)17(19)20/h2-5,12H,6-10H2,1H3,(H,15,18). The van der Waals surface area contributed by atoms with Crippen molar-refractivity contribution in [3.05, 3.63) is 39.9 Å². The number of piperidine rings is 1. The number of benzene rings is 1. The number of carbonyl (C=O) groups is 1. The number of nitrogens with one attached hydrogen (secondary N) is 1. The van der Waals surface area contributed by atoms with Gasteiger partial charge in [0, 0.05) is 18.2 Å². The van der Waals surface area contributed by atoms with Crippen molar-refractivity contribution in [1.82, 2.24) is 10.2 Å². The molecule has 1 aliphatic heterocycles. The quantitative estimate of drug-likeness (QED) is 0.666. The summed E-state index contributed by atoms with van der Waals surface area (Å²) in [5, 5.41) is 13.6. The lowest BCUT2D eigenvalue weighted by atomic mass is 10.0. The molecule has 1 N–H and O–H groups in total. The summed E-state index contributed by atoms with van der Waals surface area (Å²) < 4.78 is 0. The van der Waals surface area contributed by atoms with E-state index in [1.807, 2.05) is 0 Å². The maximum absolute atomic E-state index is 11.9. The summed E-state index contributed by atoms with van der Waals surface area (Å²) in [7, 11) is 2.08. The van der Waals surface area contributed by atoms with E-state index >= 15 is 0 Å². The molecule has 6 nitrogen and oxygen atoms in total. The molecule has 20 heavy (non-hydrogen) atoms. The molecule has 2 rings (SSSR count). The second-order valence-electron chi connectivity index (χ2n) is 5.25. The van der Waals surface area contributed by atoms with Crippen LogP contribution < -0.4 is 5.32 Å². The third kappa shape index (κ3) is 4.03. The lowest BCUT2D eigenvalue weighted by Gasteiger charge is -2.29. The summed E-state index contributed by atoms with van der Waals surface area (Å²) in [5.41, 5.74) is 0.838. The molecule has 1 saturated heterocycles. The number of rotatable bonds is 4. The molecule has 0 radical (unpaired) electrons. The van der Waals surface area contributed by atoms with Crippen LogP contribution in [0.25, 0.3) is 0 Å². The van der Waals surface area contributed by atoms with Crippen LogP contribution >= 0.6 is 0 Å². The number of nitro groups is 1. The van der Waals surface area contributed by atoms with E-state index in [-0.39, 0.29) is 24.1 Å². The highest BCUT2D eigenvalue weighted by Gasteiger charge is 2.18. The van der Waals surface area contributed by atoms with Crippen molar-refractivity contribution in [3.8, 4) is 0 Å². The molecule has 0 aliphatic carbocycles. The van der Waals surface area contributed by atoms with Crippen molar-refractivity contribution >= 4 is 11.6 Å². The summed E-state index contributed by atoms with van der Waals surface area (Å²) in [6.45, 7) is 2.00. The van der Waals surface area contributed by atoms with E-state index < -0.39 is 4.92 Å². The molecule has 1 aromatic carbocycles. The van der Waals surface area contributed by atoms with Crippen LogP contribution in [0.4, 0.5) is 5.69 Å². The molecule has 0 saturated carbocycles. The summed E-state index contributed by atoms with van der Waals surface area (Å²) in [6, 6.07) is 6.37. The zero-order valence-electron chi connectivity index (χ0n) is 11.5. The van der Waals surface area contributed by atoms with Crippen LogP contribution in [0, 0.1) is 10.1 Å². The predicted molar refractivity (Wildman–Crippen MR) is 75.5 cm³/mol. The highest BCUT2D eigenvalue weighted by Crippen LogP contribution is 2.13. The predicted octanol–water partition coefficient (Wildman–Crippen LogP) is 1.35. The van der Waals surface area contributed by atoms with Crippen LogP contribution in [0.2, 0.25) is 0 Å². The number of hydrogen-bond acceptors (Lipinski definition) is 4. The number of hydrogen-bond donors (Lipinski definition) is 1. The first-order valence-corrected chi connectivity index (χ1v) is 6.76. The van der Waals surface area contributed by atoms with Crippen molar-refractivity contribution in [2.45, 2.75) is 25.3 Å². The number of likely N-dealkylation sites (tertiary alicyclic amines) is 1. The van der Waals surface area contributed by atoms with Gasteiger partial charge in [0.15, 0.2) is 0 Å². The normalized spacial score (nSPS) is 16.9. The first kappa shape index (κ1) is 14.5. The molecule has 1 amide bonds. The smallest absolute Gasteiger partial charge is 0.269 e. The van der Waals surface area contributed by atoms with E-state index in [2.05, 4.69) is 17.3 Å². The minimum atomic E-state index is -0.442. The topological polar surface area (TPSA) is 75.5 Å². The van der Waals surface area contributed by atoms with Gasteiger partial charge in [0.05, 0.1) is 11.3 Å². The van der Waals surface area contributed by atoms with Crippen LogP contribution in [0.15, 0.2) is 24.3 Å². The Bertz CT molecular complexity index is 479. The van der Waals surface area contributed by atoms with E-state index in [0.717, 1.165) is 31.5 Å². The van der Waals surface area contributed by atoms with Crippen molar-refractivity contribution in [3.63, 3.8) is 0 Å². The highest BCUT2D eigenvalue weighted by molar-refractivity contribution is 5.78. The SMILES string of the molecule is CN1CCC(NC(=O)Cc2ccc([N+](=O)[O-])cc2)CC1. The average molecular weight is 277 g/mol. The first-order chi connectivity index (χ1) is 9.54. The Labute approximate surface area is 117 Å². The second-order valence-corrected chi connectivity index (χ2v) is 5.25. The van der Waals surface area contributed by atoms with Crippen molar-refractivity contribution < 1.29 is 9.72 Å². The van der Waals surface area contributed by atoms with Gasteiger partial charge >= 0.3 is 0 Å². The van der Waals surface area contributed by atoms with E-state index in [4.69, 9.17) is 0 Å². The van der Waals surface area contributed by atoms with Crippen LogP contribution in [0.3, 0.4) is 0 Å². The lowest BCUT2D eigenvalue weighted by Crippen LogP contribution is -2.43. The van der Waals surface area contributed by atoms with Gasteiger partial charge in [-0.05, 0) is 38.5 Å². The number of nitro benzene ring substituents is 1. The van der Waals surface area contributed by atoms with Crippen LogP contribution in [0.1, 0.15) is 18.4 Å². The maximum atomic E-state index is 11.9. The zero-order chi connectivity index (χ0) is 14.5. The minimum absolute atomic E-state index is 0.0200. The van der Waals surface area contributed by atoms with Gasteiger partial charge in [-0.1, -0.05) is 12.1 Å². The molecule has 1 fully saturated rings. The Morgan fingerprint density at radius 2 is 1.95 bits per heavy atom. The lowest BCUT2D eigenvalue weighted by molar-refractivity contribution is -0.384. The highest BCUT2D eigenvalue weighted by atomic mass is 16.6. The fraction of sp³-hybridized carbons (Fsp3) is 0.500. The molecule has 108 valence electrons. The van der Waals surface area contributed by atoms with Crippen molar-refractivity contribution in [1.29, 1.82) is 0 Å². The second kappa shape index (κ2) is 6.47. The van der Waals surface area contributed by atoms with E-state index in [1.54, 1.807) is 12.1 Å². The molecular formula is C14H19N3O3. The Hall–Kier alpha value is -1.95. The largest absolute Gasteiger partial charge is 0.353 e. The molecule has 1 heterocycles. The molecule has 6 heteroatoms. The van der Waals surface area contributed by atoms with Crippen molar-refractivity contribution in [2.75, 3.05) is 20.1 Å². The van der Waals surface area contributed by atoms with E-state index in [1.165, 1.54) is 12.1 Å². The Kier molecular flexibility index (Phi) is 4.68.